The number of nitrogens with one attached hydrogen (secondary N) is 1. The molecule has 2 heterocycles. The zero-order valence-electron chi connectivity index (χ0n) is 15.7. The van der Waals surface area contributed by atoms with E-state index in [9.17, 15) is 14.4 Å². The van der Waals surface area contributed by atoms with Crippen molar-refractivity contribution in [2.75, 3.05) is 0 Å². The molecule has 0 unspecified atom stereocenters. The molecule has 0 saturated carbocycles. The number of hydrogen-bond acceptors (Lipinski definition) is 5. The van der Waals surface area contributed by atoms with Crippen molar-refractivity contribution in [2.24, 2.45) is 7.05 Å². The van der Waals surface area contributed by atoms with Crippen LogP contribution in [0.15, 0.2) is 40.1 Å². The summed E-state index contributed by atoms with van der Waals surface area (Å²) < 4.78 is 2.16. The molecule has 3 aromatic rings. The van der Waals surface area contributed by atoms with Crippen LogP contribution in [0.3, 0.4) is 0 Å². The first-order chi connectivity index (χ1) is 12.8. The highest BCUT2D eigenvalue weighted by Crippen LogP contribution is 2.16. The first-order valence-electron chi connectivity index (χ1n) is 8.61. The van der Waals surface area contributed by atoms with Crippen LogP contribution in [-0.4, -0.2) is 31.1 Å². The number of carbonyl (C=O) groups excluding carboxylic acids is 1. The van der Waals surface area contributed by atoms with Crippen LogP contribution in [-0.2, 0) is 18.4 Å². The van der Waals surface area contributed by atoms with Gasteiger partial charge in [0.25, 0.3) is 5.56 Å². The van der Waals surface area contributed by atoms with Gasteiger partial charge in [-0.15, -0.1) is 0 Å². The van der Waals surface area contributed by atoms with Crippen LogP contribution in [0.4, 0.5) is 0 Å². The van der Waals surface area contributed by atoms with Gasteiger partial charge in [0.1, 0.15) is 11.9 Å². The number of amides is 1. The number of fused-ring (bicyclic) bond motifs is 1. The highest BCUT2D eigenvalue weighted by molar-refractivity contribution is 5.78. The topological polar surface area (TPSA) is 98.9 Å². The minimum absolute atomic E-state index is 0.0853. The Balaban J connectivity index is 2.12. The van der Waals surface area contributed by atoms with E-state index >= 15 is 0 Å². The summed E-state index contributed by atoms with van der Waals surface area (Å²) in [6.45, 7) is 5.24. The Kier molecular flexibility index (Phi) is 4.89. The molecule has 3 rings (SSSR count). The largest absolute Gasteiger partial charge is 0.352 e. The van der Waals surface area contributed by atoms with Crippen LogP contribution in [0, 0.1) is 6.92 Å². The third-order valence-electron chi connectivity index (χ3n) is 4.14. The molecule has 0 saturated heterocycles. The summed E-state index contributed by atoms with van der Waals surface area (Å²) in [5, 5.41) is 2.86. The van der Waals surface area contributed by atoms with Gasteiger partial charge >= 0.3 is 5.69 Å². The van der Waals surface area contributed by atoms with Crippen molar-refractivity contribution in [3.8, 4) is 11.4 Å². The van der Waals surface area contributed by atoms with Gasteiger partial charge in [-0.3, -0.25) is 18.7 Å². The molecule has 2 aromatic heterocycles. The summed E-state index contributed by atoms with van der Waals surface area (Å²) in [6, 6.07) is 7.55. The van der Waals surface area contributed by atoms with E-state index in [4.69, 9.17) is 0 Å². The Bertz CT molecular complexity index is 1130. The van der Waals surface area contributed by atoms with E-state index < -0.39 is 17.2 Å². The smallest absolute Gasteiger partial charge is 0.332 e. The first-order valence-corrected chi connectivity index (χ1v) is 8.61. The summed E-state index contributed by atoms with van der Waals surface area (Å²) in [7, 11) is 1.52. The minimum atomic E-state index is -0.597. The molecular formula is C19H21N5O3. The number of carbonyl (C=O) groups is 1. The minimum Gasteiger partial charge on any atom is -0.352 e. The summed E-state index contributed by atoms with van der Waals surface area (Å²) in [4.78, 5) is 46.0. The van der Waals surface area contributed by atoms with Gasteiger partial charge < -0.3 is 5.32 Å². The van der Waals surface area contributed by atoms with Gasteiger partial charge in [-0.25, -0.2) is 14.8 Å². The Morgan fingerprint density at radius 1 is 1.19 bits per heavy atom. The highest BCUT2D eigenvalue weighted by Gasteiger charge is 2.16. The van der Waals surface area contributed by atoms with Crippen molar-refractivity contribution in [3.63, 3.8) is 0 Å². The fourth-order valence-electron chi connectivity index (χ4n) is 2.78. The van der Waals surface area contributed by atoms with Gasteiger partial charge in [0.05, 0.1) is 0 Å². The molecule has 0 aliphatic heterocycles. The maximum absolute atomic E-state index is 12.7. The summed E-state index contributed by atoms with van der Waals surface area (Å²) in [6.07, 6.45) is 1.40. The fraction of sp³-hybridized carbons (Fsp3) is 0.316. The highest BCUT2D eigenvalue weighted by atomic mass is 16.2. The monoisotopic (exact) mass is 367 g/mol. The molecule has 0 atom stereocenters. The van der Waals surface area contributed by atoms with E-state index in [1.165, 1.54) is 17.8 Å². The molecule has 0 spiro atoms. The maximum atomic E-state index is 12.7. The van der Waals surface area contributed by atoms with Crippen molar-refractivity contribution < 1.29 is 4.79 Å². The maximum Gasteiger partial charge on any atom is 0.332 e. The van der Waals surface area contributed by atoms with Gasteiger partial charge in [-0.1, -0.05) is 29.8 Å². The average molecular weight is 367 g/mol. The standard InChI is InChI=1S/C19H21N5O3/c1-11(2)21-15(25)10-24-18(26)14-9-20-16(13-7-5-12(3)6-8-13)22-17(14)23(4)19(24)27/h5-9,11H,10H2,1-4H3,(H,21,25). The average Bonchev–Trinajstić information content (AvgIpc) is 2.63. The second kappa shape index (κ2) is 7.14. The third kappa shape index (κ3) is 3.64. The molecule has 27 heavy (non-hydrogen) atoms. The van der Waals surface area contributed by atoms with Crippen molar-refractivity contribution in [1.29, 1.82) is 0 Å². The Hall–Kier alpha value is -3.29. The molecule has 0 radical (unpaired) electrons. The molecule has 1 amide bonds. The van der Waals surface area contributed by atoms with Crippen LogP contribution in [0.25, 0.3) is 22.4 Å². The molecular weight excluding hydrogens is 346 g/mol. The number of benzene rings is 1. The molecule has 0 bridgehead atoms. The Morgan fingerprint density at radius 2 is 1.85 bits per heavy atom. The van der Waals surface area contributed by atoms with Crippen LogP contribution in [0.2, 0.25) is 0 Å². The second-order valence-corrected chi connectivity index (χ2v) is 6.75. The molecule has 0 aliphatic rings. The summed E-state index contributed by atoms with van der Waals surface area (Å²) in [5.74, 6) is 0.0212. The zero-order chi connectivity index (χ0) is 19.7. The lowest BCUT2D eigenvalue weighted by Crippen LogP contribution is -2.44. The molecule has 0 aliphatic carbocycles. The van der Waals surface area contributed by atoms with E-state index in [2.05, 4.69) is 15.3 Å². The lowest BCUT2D eigenvalue weighted by molar-refractivity contribution is -0.122. The predicted octanol–water partition coefficient (Wildman–Crippen LogP) is 0.990. The van der Waals surface area contributed by atoms with Crippen molar-refractivity contribution in [1.82, 2.24) is 24.4 Å². The van der Waals surface area contributed by atoms with E-state index in [-0.39, 0.29) is 23.6 Å². The lowest BCUT2D eigenvalue weighted by atomic mass is 10.1. The van der Waals surface area contributed by atoms with Gasteiger partial charge in [-0.2, -0.15) is 0 Å². The predicted molar refractivity (Wildman–Crippen MR) is 102 cm³/mol. The van der Waals surface area contributed by atoms with E-state index in [1.807, 2.05) is 31.2 Å². The van der Waals surface area contributed by atoms with Gasteiger partial charge in [0.15, 0.2) is 11.5 Å². The van der Waals surface area contributed by atoms with Gasteiger partial charge in [0.2, 0.25) is 5.91 Å². The van der Waals surface area contributed by atoms with Gasteiger partial charge in [-0.05, 0) is 20.8 Å². The van der Waals surface area contributed by atoms with Crippen molar-refractivity contribution >= 4 is 16.9 Å². The summed E-state index contributed by atoms with van der Waals surface area (Å²) >= 11 is 0. The van der Waals surface area contributed by atoms with Gasteiger partial charge in [0, 0.05) is 24.8 Å². The summed E-state index contributed by atoms with van der Waals surface area (Å²) in [5.41, 5.74) is 0.948. The van der Waals surface area contributed by atoms with E-state index in [0.717, 1.165) is 15.7 Å². The Labute approximate surface area is 155 Å². The Morgan fingerprint density at radius 3 is 2.48 bits per heavy atom. The van der Waals surface area contributed by atoms with E-state index in [1.54, 1.807) is 13.8 Å². The molecule has 8 heteroatoms. The van der Waals surface area contributed by atoms with Crippen molar-refractivity contribution in [2.45, 2.75) is 33.4 Å². The van der Waals surface area contributed by atoms with Crippen LogP contribution < -0.4 is 16.6 Å². The lowest BCUT2D eigenvalue weighted by Gasteiger charge is -2.12. The number of nitrogens with zero attached hydrogens (tertiary/aromatic N) is 4. The normalized spacial score (nSPS) is 11.1. The number of aryl methyl sites for hydroxylation is 2. The second-order valence-electron chi connectivity index (χ2n) is 6.75. The SMILES string of the molecule is Cc1ccc(-c2ncc3c(=O)n(CC(=O)NC(C)C)c(=O)n(C)c3n2)cc1. The van der Waals surface area contributed by atoms with Crippen LogP contribution in [0.1, 0.15) is 19.4 Å². The first kappa shape index (κ1) is 18.5. The third-order valence-corrected chi connectivity index (χ3v) is 4.14. The van der Waals surface area contributed by atoms with E-state index in [0.29, 0.717) is 5.82 Å². The zero-order valence-corrected chi connectivity index (χ0v) is 15.7. The molecule has 1 aromatic carbocycles. The molecule has 140 valence electrons. The van der Waals surface area contributed by atoms with Crippen LogP contribution >= 0.6 is 0 Å². The quantitative estimate of drug-likeness (QED) is 0.741. The van der Waals surface area contributed by atoms with Crippen molar-refractivity contribution in [3.05, 3.63) is 56.9 Å². The number of rotatable bonds is 4. The molecule has 8 nitrogen and oxygen atoms in total. The molecule has 0 fully saturated rings. The molecule has 1 N–H and O–H groups in total. The van der Waals surface area contributed by atoms with Crippen LogP contribution in [0.5, 0.6) is 0 Å². The fourth-order valence-corrected chi connectivity index (χ4v) is 2.78. The number of aromatic nitrogens is 4. The number of hydrogen-bond donors (Lipinski definition) is 1.